The summed E-state index contributed by atoms with van der Waals surface area (Å²) < 4.78 is 152. The Hall–Kier alpha value is -0.840. The van der Waals surface area contributed by atoms with E-state index in [1.807, 2.05) is 0 Å². The van der Waals surface area contributed by atoms with E-state index in [0.717, 1.165) is 0 Å². The molecule has 0 heterocycles. The third kappa shape index (κ3) is 7.88. The van der Waals surface area contributed by atoms with E-state index in [4.69, 9.17) is 0 Å². The molecule has 168 valence electrons. The molecule has 0 N–H and O–H groups in total. The van der Waals surface area contributed by atoms with Crippen LogP contribution in [0.1, 0.15) is 51.4 Å². The van der Waals surface area contributed by atoms with Crippen LogP contribution in [0.3, 0.4) is 0 Å². The van der Waals surface area contributed by atoms with E-state index in [0.29, 0.717) is 0 Å². The lowest BCUT2D eigenvalue weighted by Crippen LogP contribution is -2.38. The average molecular weight is 440 g/mol. The molecule has 1 aliphatic carbocycles. The van der Waals surface area contributed by atoms with E-state index in [1.54, 1.807) is 0 Å². The van der Waals surface area contributed by atoms with Gasteiger partial charge in [-0.3, -0.25) is 0 Å². The molecule has 1 aliphatic rings. The van der Waals surface area contributed by atoms with Crippen LogP contribution in [0.25, 0.3) is 0 Å². The summed E-state index contributed by atoms with van der Waals surface area (Å²) in [6.07, 6.45) is -24.6. The maximum Gasteiger partial charge on any atom is 0.400 e. The number of alkyl halides is 12. The zero-order chi connectivity index (χ0) is 22.0. The van der Waals surface area contributed by atoms with Gasteiger partial charge in [-0.25, -0.2) is 0 Å². The highest BCUT2D eigenvalue weighted by Crippen LogP contribution is 2.47. The lowest BCUT2D eigenvalue weighted by molar-refractivity contribution is -0.289. The van der Waals surface area contributed by atoms with Crippen molar-refractivity contribution in [1.29, 1.82) is 0 Å². The summed E-state index contributed by atoms with van der Waals surface area (Å²) in [6, 6.07) is 0. The molecule has 0 aliphatic heterocycles. The van der Waals surface area contributed by atoms with Gasteiger partial charge in [0, 0.05) is 0 Å². The zero-order valence-electron chi connectivity index (χ0n) is 14.5. The van der Waals surface area contributed by atoms with Crippen LogP contribution < -0.4 is 0 Å². The lowest BCUT2D eigenvalue weighted by atomic mass is 9.78. The summed E-state index contributed by atoms with van der Waals surface area (Å²) in [5, 5.41) is 0. The van der Waals surface area contributed by atoms with Crippen LogP contribution in [0.5, 0.6) is 0 Å². The number of hydrogen-bond acceptors (Lipinski definition) is 0. The second kappa shape index (κ2) is 8.89. The van der Waals surface area contributed by atoms with Crippen molar-refractivity contribution in [2.45, 2.75) is 76.1 Å². The van der Waals surface area contributed by atoms with Crippen molar-refractivity contribution < 1.29 is 52.7 Å². The highest BCUT2D eigenvalue weighted by atomic mass is 19.4. The van der Waals surface area contributed by atoms with Crippen molar-refractivity contribution in [1.82, 2.24) is 0 Å². The van der Waals surface area contributed by atoms with E-state index in [9.17, 15) is 52.7 Å². The Kier molecular flexibility index (Phi) is 8.00. The molecule has 0 amide bonds. The van der Waals surface area contributed by atoms with Gasteiger partial charge >= 0.3 is 24.7 Å². The molecule has 1 saturated carbocycles. The van der Waals surface area contributed by atoms with Gasteiger partial charge in [0.25, 0.3) is 0 Å². The normalized spacial score (nSPS) is 23.8. The molecular weight excluding hydrogens is 420 g/mol. The van der Waals surface area contributed by atoms with Crippen molar-refractivity contribution in [2.24, 2.45) is 23.7 Å². The standard InChI is InChI=1S/C16H20F12/c17-13(18,19)11(14(20,21)22)7-9-3-1-4-10(6-2-5-9)8-12(15(23,24)25)16(26,27)28/h9-12H,1-8H2. The number of rotatable bonds is 4. The van der Waals surface area contributed by atoms with Crippen molar-refractivity contribution >= 4 is 0 Å². The van der Waals surface area contributed by atoms with Gasteiger partial charge in [-0.15, -0.1) is 0 Å². The Bertz CT molecular complexity index is 390. The Morgan fingerprint density at radius 3 is 0.857 bits per heavy atom. The third-order valence-electron chi connectivity index (χ3n) is 5.17. The van der Waals surface area contributed by atoms with Crippen LogP contribution >= 0.6 is 0 Å². The summed E-state index contributed by atoms with van der Waals surface area (Å²) in [4.78, 5) is 0. The van der Waals surface area contributed by atoms with Gasteiger partial charge in [0.15, 0.2) is 11.8 Å². The quantitative estimate of drug-likeness (QED) is 0.391. The summed E-state index contributed by atoms with van der Waals surface area (Å²) in [5.41, 5.74) is 0. The molecular formula is C16H20F12. The van der Waals surface area contributed by atoms with Crippen LogP contribution in [0.4, 0.5) is 52.7 Å². The van der Waals surface area contributed by atoms with E-state index < -0.39 is 61.2 Å². The minimum atomic E-state index is -5.46. The van der Waals surface area contributed by atoms with Gasteiger partial charge in [-0.1, -0.05) is 38.5 Å². The molecule has 0 spiro atoms. The van der Waals surface area contributed by atoms with Crippen LogP contribution in [-0.2, 0) is 0 Å². The lowest BCUT2D eigenvalue weighted by Gasteiger charge is -2.31. The molecule has 0 aromatic heterocycles. The minimum absolute atomic E-state index is 0.0137. The molecule has 1 rings (SSSR count). The van der Waals surface area contributed by atoms with E-state index >= 15 is 0 Å². The summed E-state index contributed by atoms with van der Waals surface area (Å²) >= 11 is 0. The Morgan fingerprint density at radius 2 is 0.679 bits per heavy atom. The summed E-state index contributed by atoms with van der Waals surface area (Å²) in [6.45, 7) is 0. The minimum Gasteiger partial charge on any atom is -0.170 e. The summed E-state index contributed by atoms with van der Waals surface area (Å²) in [7, 11) is 0. The molecule has 0 radical (unpaired) electrons. The molecule has 0 atom stereocenters. The average Bonchev–Trinajstić information content (AvgIpc) is 2.39. The van der Waals surface area contributed by atoms with Gasteiger partial charge < -0.3 is 0 Å². The van der Waals surface area contributed by atoms with E-state index in [-0.39, 0.29) is 38.5 Å². The SMILES string of the molecule is FC(F)(F)C(CC1CCCC(CC(C(F)(F)F)C(F)(F)F)CCC1)C(F)(F)F. The highest BCUT2D eigenvalue weighted by Gasteiger charge is 2.58. The second-order valence-electron chi connectivity index (χ2n) is 7.34. The third-order valence-corrected chi connectivity index (χ3v) is 5.17. The van der Waals surface area contributed by atoms with Crippen molar-refractivity contribution in [3.8, 4) is 0 Å². The summed E-state index contributed by atoms with van der Waals surface area (Å²) in [5.74, 6) is -8.84. The highest BCUT2D eigenvalue weighted by molar-refractivity contribution is 4.82. The fraction of sp³-hybridized carbons (Fsp3) is 1.00. The Balaban J connectivity index is 2.70. The van der Waals surface area contributed by atoms with Crippen molar-refractivity contribution in [2.75, 3.05) is 0 Å². The van der Waals surface area contributed by atoms with Gasteiger partial charge in [0.2, 0.25) is 0 Å². The molecule has 0 bridgehead atoms. The predicted molar refractivity (Wildman–Crippen MR) is 75.1 cm³/mol. The molecule has 0 saturated heterocycles. The largest absolute Gasteiger partial charge is 0.400 e. The van der Waals surface area contributed by atoms with Gasteiger partial charge in [0.1, 0.15) is 0 Å². The van der Waals surface area contributed by atoms with Gasteiger partial charge in [-0.05, 0) is 24.7 Å². The number of hydrogen-bond donors (Lipinski definition) is 0. The number of halogens is 12. The molecule has 12 heteroatoms. The maximum absolute atomic E-state index is 12.6. The Morgan fingerprint density at radius 1 is 0.464 bits per heavy atom. The zero-order valence-corrected chi connectivity index (χ0v) is 14.5. The molecule has 1 fully saturated rings. The van der Waals surface area contributed by atoms with E-state index in [2.05, 4.69) is 0 Å². The second-order valence-corrected chi connectivity index (χ2v) is 7.34. The topological polar surface area (TPSA) is 0 Å². The fourth-order valence-electron chi connectivity index (χ4n) is 3.72. The van der Waals surface area contributed by atoms with Crippen LogP contribution in [0.2, 0.25) is 0 Å². The molecule has 0 unspecified atom stereocenters. The predicted octanol–water partition coefficient (Wildman–Crippen LogP) is 7.83. The first-order chi connectivity index (χ1) is 12.4. The fourth-order valence-corrected chi connectivity index (χ4v) is 3.72. The molecule has 28 heavy (non-hydrogen) atoms. The van der Waals surface area contributed by atoms with Crippen molar-refractivity contribution in [3.05, 3.63) is 0 Å². The molecule has 0 nitrogen and oxygen atoms in total. The monoisotopic (exact) mass is 440 g/mol. The van der Waals surface area contributed by atoms with Crippen LogP contribution in [0, 0.1) is 23.7 Å². The molecule has 0 aromatic rings. The van der Waals surface area contributed by atoms with Gasteiger partial charge in [0.05, 0.1) is 0 Å². The van der Waals surface area contributed by atoms with Crippen LogP contribution in [-0.4, -0.2) is 24.7 Å². The smallest absolute Gasteiger partial charge is 0.170 e. The van der Waals surface area contributed by atoms with E-state index in [1.165, 1.54) is 0 Å². The Labute approximate surface area is 153 Å². The first kappa shape index (κ1) is 25.2. The first-order valence-electron chi connectivity index (χ1n) is 8.69. The maximum atomic E-state index is 12.6. The van der Waals surface area contributed by atoms with Crippen molar-refractivity contribution in [3.63, 3.8) is 0 Å². The van der Waals surface area contributed by atoms with Crippen LogP contribution in [0.15, 0.2) is 0 Å². The van der Waals surface area contributed by atoms with Gasteiger partial charge in [-0.2, -0.15) is 52.7 Å². The first-order valence-corrected chi connectivity index (χ1v) is 8.69. The molecule has 0 aromatic carbocycles.